The number of carbonyl (C=O) groups excluding carboxylic acids is 2. The van der Waals surface area contributed by atoms with Gasteiger partial charge in [-0.15, -0.1) is 0 Å². The molecule has 1 saturated carbocycles. The molecule has 28 heavy (non-hydrogen) atoms. The highest BCUT2D eigenvalue weighted by Gasteiger charge is 2.31. The standard InChI is InChI=1S/C19H26N6O3/c1-19(2,3)28-18(27)21-12-7-9-25(10-12)15-13-6-8-20-14(13)22-17(23-15)24-16(26)11-4-5-11/h6,8,11-12H,4-5,7,9-10H2,1-3H3,(H,21,27)(H2,20,22,23,24,26)/t12-/m0/s1. The van der Waals surface area contributed by atoms with E-state index in [1.54, 1.807) is 0 Å². The van der Waals surface area contributed by atoms with E-state index >= 15 is 0 Å². The van der Waals surface area contributed by atoms with Crippen molar-refractivity contribution < 1.29 is 14.3 Å². The lowest BCUT2D eigenvalue weighted by Gasteiger charge is -2.22. The van der Waals surface area contributed by atoms with E-state index in [2.05, 4.69) is 30.5 Å². The summed E-state index contributed by atoms with van der Waals surface area (Å²) in [6.07, 6.45) is 4.04. The second kappa shape index (κ2) is 6.96. The number of nitrogens with one attached hydrogen (secondary N) is 3. The number of anilines is 2. The molecular formula is C19H26N6O3. The van der Waals surface area contributed by atoms with Crippen molar-refractivity contribution in [2.75, 3.05) is 23.3 Å². The van der Waals surface area contributed by atoms with Crippen LogP contribution in [0, 0.1) is 5.92 Å². The van der Waals surface area contributed by atoms with E-state index in [1.807, 2.05) is 33.0 Å². The first-order valence-electron chi connectivity index (χ1n) is 9.69. The molecule has 4 rings (SSSR count). The van der Waals surface area contributed by atoms with Gasteiger partial charge < -0.3 is 19.9 Å². The Bertz CT molecular complexity index is 899. The average molecular weight is 386 g/mol. The van der Waals surface area contributed by atoms with Gasteiger partial charge in [0.1, 0.15) is 17.1 Å². The predicted octanol–water partition coefficient (Wildman–Crippen LogP) is 2.41. The van der Waals surface area contributed by atoms with Crippen molar-refractivity contribution in [3.05, 3.63) is 12.3 Å². The lowest BCUT2D eigenvalue weighted by Crippen LogP contribution is -2.40. The Labute approximate surface area is 163 Å². The molecule has 1 saturated heterocycles. The van der Waals surface area contributed by atoms with Gasteiger partial charge in [-0.3, -0.25) is 10.1 Å². The van der Waals surface area contributed by atoms with Crippen LogP contribution in [0.4, 0.5) is 16.6 Å². The number of amides is 2. The van der Waals surface area contributed by atoms with Crippen molar-refractivity contribution in [3.8, 4) is 0 Å². The van der Waals surface area contributed by atoms with Crippen LogP contribution in [0.5, 0.6) is 0 Å². The molecule has 150 valence electrons. The minimum Gasteiger partial charge on any atom is -0.444 e. The summed E-state index contributed by atoms with van der Waals surface area (Å²) in [7, 11) is 0. The summed E-state index contributed by atoms with van der Waals surface area (Å²) in [4.78, 5) is 38.3. The molecule has 2 aliphatic rings. The van der Waals surface area contributed by atoms with Crippen molar-refractivity contribution in [2.45, 2.75) is 51.7 Å². The fraction of sp³-hybridized carbons (Fsp3) is 0.579. The minimum atomic E-state index is -0.527. The molecule has 0 spiro atoms. The SMILES string of the molecule is CC(C)(C)OC(=O)N[C@H]1CCN(c2nc(NC(=O)C3CC3)nc3[nH]ccc23)C1. The number of hydrogen-bond donors (Lipinski definition) is 3. The largest absolute Gasteiger partial charge is 0.444 e. The van der Waals surface area contributed by atoms with Crippen LogP contribution < -0.4 is 15.5 Å². The fourth-order valence-electron chi connectivity index (χ4n) is 3.32. The number of hydrogen-bond acceptors (Lipinski definition) is 6. The molecule has 2 aromatic rings. The first-order valence-corrected chi connectivity index (χ1v) is 9.69. The van der Waals surface area contributed by atoms with Crippen LogP contribution in [0.3, 0.4) is 0 Å². The Hall–Kier alpha value is -2.84. The van der Waals surface area contributed by atoms with Crippen LogP contribution in [-0.2, 0) is 9.53 Å². The van der Waals surface area contributed by atoms with Gasteiger partial charge in [0.25, 0.3) is 0 Å². The number of rotatable bonds is 4. The molecule has 0 unspecified atom stereocenters. The van der Waals surface area contributed by atoms with Gasteiger partial charge in [0.05, 0.1) is 11.4 Å². The number of nitrogens with zero attached hydrogens (tertiary/aromatic N) is 3. The summed E-state index contributed by atoms with van der Waals surface area (Å²) in [5, 5.41) is 6.64. The van der Waals surface area contributed by atoms with Gasteiger partial charge in [0.2, 0.25) is 11.9 Å². The lowest BCUT2D eigenvalue weighted by molar-refractivity contribution is -0.117. The summed E-state index contributed by atoms with van der Waals surface area (Å²) in [5.41, 5.74) is 0.153. The van der Waals surface area contributed by atoms with Crippen LogP contribution in [0.15, 0.2) is 12.3 Å². The molecule has 9 heteroatoms. The van der Waals surface area contributed by atoms with Gasteiger partial charge in [-0.25, -0.2) is 4.79 Å². The van der Waals surface area contributed by atoms with E-state index in [1.165, 1.54) is 0 Å². The highest BCUT2D eigenvalue weighted by molar-refractivity contribution is 5.95. The molecule has 1 atom stereocenters. The molecular weight excluding hydrogens is 360 g/mol. The molecule has 2 amide bonds. The molecule has 0 aromatic carbocycles. The second-order valence-corrected chi connectivity index (χ2v) is 8.45. The Kier molecular flexibility index (Phi) is 4.60. The maximum absolute atomic E-state index is 12.1. The monoisotopic (exact) mass is 386 g/mol. The smallest absolute Gasteiger partial charge is 0.407 e. The summed E-state index contributed by atoms with van der Waals surface area (Å²) >= 11 is 0. The maximum Gasteiger partial charge on any atom is 0.407 e. The fourth-order valence-corrected chi connectivity index (χ4v) is 3.32. The van der Waals surface area contributed by atoms with E-state index in [4.69, 9.17) is 4.74 Å². The molecule has 3 heterocycles. The number of fused-ring (bicyclic) bond motifs is 1. The van der Waals surface area contributed by atoms with Crippen LogP contribution >= 0.6 is 0 Å². The van der Waals surface area contributed by atoms with Crippen LogP contribution in [-0.4, -0.2) is 51.7 Å². The Morgan fingerprint density at radius 3 is 2.75 bits per heavy atom. The first-order chi connectivity index (χ1) is 13.3. The van der Waals surface area contributed by atoms with E-state index in [9.17, 15) is 9.59 Å². The summed E-state index contributed by atoms with van der Waals surface area (Å²) in [6.45, 7) is 6.89. The van der Waals surface area contributed by atoms with Crippen molar-refractivity contribution in [2.24, 2.45) is 5.92 Å². The molecule has 1 aliphatic carbocycles. The Morgan fingerprint density at radius 2 is 2.04 bits per heavy atom. The van der Waals surface area contributed by atoms with Crippen LogP contribution in [0.1, 0.15) is 40.0 Å². The number of ether oxygens (including phenoxy) is 1. The summed E-state index contributed by atoms with van der Waals surface area (Å²) in [5.74, 6) is 1.12. The molecule has 2 aromatic heterocycles. The normalized spacial score (nSPS) is 19.7. The highest BCUT2D eigenvalue weighted by Crippen LogP contribution is 2.31. The quantitative estimate of drug-likeness (QED) is 0.744. The molecule has 9 nitrogen and oxygen atoms in total. The van der Waals surface area contributed by atoms with Gasteiger partial charge >= 0.3 is 6.09 Å². The average Bonchev–Trinajstić information content (AvgIpc) is 3.17. The Balaban J connectivity index is 1.48. The zero-order valence-electron chi connectivity index (χ0n) is 16.4. The summed E-state index contributed by atoms with van der Waals surface area (Å²) < 4.78 is 5.34. The van der Waals surface area contributed by atoms with Gasteiger partial charge in [-0.05, 0) is 46.1 Å². The maximum atomic E-state index is 12.1. The van der Waals surface area contributed by atoms with E-state index < -0.39 is 11.7 Å². The zero-order chi connectivity index (χ0) is 19.9. The molecule has 1 aliphatic heterocycles. The van der Waals surface area contributed by atoms with E-state index in [-0.39, 0.29) is 17.9 Å². The summed E-state index contributed by atoms with van der Waals surface area (Å²) in [6, 6.07) is 1.90. The van der Waals surface area contributed by atoms with Gasteiger partial charge in [-0.2, -0.15) is 9.97 Å². The molecule has 0 radical (unpaired) electrons. The van der Waals surface area contributed by atoms with E-state index in [0.29, 0.717) is 18.1 Å². The van der Waals surface area contributed by atoms with Crippen molar-refractivity contribution in [1.29, 1.82) is 0 Å². The van der Waals surface area contributed by atoms with Crippen molar-refractivity contribution >= 4 is 34.8 Å². The molecule has 2 fully saturated rings. The first kappa shape index (κ1) is 18.5. The third-order valence-electron chi connectivity index (χ3n) is 4.79. The number of aromatic nitrogens is 3. The number of carbonyl (C=O) groups is 2. The van der Waals surface area contributed by atoms with Crippen molar-refractivity contribution in [1.82, 2.24) is 20.3 Å². The number of alkyl carbamates (subject to hydrolysis) is 1. The molecule has 0 bridgehead atoms. The van der Waals surface area contributed by atoms with E-state index in [0.717, 1.165) is 37.0 Å². The topological polar surface area (TPSA) is 112 Å². The van der Waals surface area contributed by atoms with Gasteiger partial charge in [0.15, 0.2) is 0 Å². The van der Waals surface area contributed by atoms with Crippen LogP contribution in [0.25, 0.3) is 11.0 Å². The third kappa shape index (κ3) is 4.18. The third-order valence-corrected chi connectivity index (χ3v) is 4.79. The van der Waals surface area contributed by atoms with Gasteiger partial charge in [0, 0.05) is 25.2 Å². The van der Waals surface area contributed by atoms with Crippen molar-refractivity contribution in [3.63, 3.8) is 0 Å². The lowest BCUT2D eigenvalue weighted by atomic mass is 10.2. The predicted molar refractivity (Wildman–Crippen MR) is 105 cm³/mol. The number of H-pyrrole nitrogens is 1. The Morgan fingerprint density at radius 1 is 1.25 bits per heavy atom. The van der Waals surface area contributed by atoms with Crippen LogP contribution in [0.2, 0.25) is 0 Å². The number of aromatic amines is 1. The highest BCUT2D eigenvalue weighted by atomic mass is 16.6. The second-order valence-electron chi connectivity index (χ2n) is 8.45. The zero-order valence-corrected chi connectivity index (χ0v) is 16.4. The molecule has 3 N–H and O–H groups in total. The van der Waals surface area contributed by atoms with Gasteiger partial charge in [-0.1, -0.05) is 0 Å². The minimum absolute atomic E-state index is 0.0247.